The van der Waals surface area contributed by atoms with E-state index in [1.54, 1.807) is 0 Å². The molecule has 0 aliphatic heterocycles. The standard InChI is InChI=1S/C15H13NO7/c1-9(14(17)21-2)22-15(18)13-8-7-12(23-13)10-3-5-11(6-4-10)16(19)20/h3-9H,1-2H3/t9-/m1/s1. The number of benzene rings is 1. The van der Waals surface area contributed by atoms with E-state index in [9.17, 15) is 19.7 Å². The maximum atomic E-state index is 11.9. The average Bonchev–Trinajstić information content (AvgIpc) is 3.04. The van der Waals surface area contributed by atoms with Crippen LogP contribution in [0.15, 0.2) is 40.8 Å². The van der Waals surface area contributed by atoms with Gasteiger partial charge in [-0.25, -0.2) is 9.59 Å². The van der Waals surface area contributed by atoms with Crippen LogP contribution in [0.4, 0.5) is 5.69 Å². The maximum Gasteiger partial charge on any atom is 0.375 e. The minimum absolute atomic E-state index is 0.0492. The van der Waals surface area contributed by atoms with Gasteiger partial charge in [-0.05, 0) is 31.2 Å². The van der Waals surface area contributed by atoms with Crippen LogP contribution in [0, 0.1) is 10.1 Å². The zero-order valence-corrected chi connectivity index (χ0v) is 12.3. The largest absolute Gasteiger partial charge is 0.466 e. The first-order valence-corrected chi connectivity index (χ1v) is 6.56. The summed E-state index contributed by atoms with van der Waals surface area (Å²) in [6.45, 7) is 1.38. The first-order chi connectivity index (χ1) is 10.9. The molecule has 1 aromatic carbocycles. The number of nitro groups is 1. The van der Waals surface area contributed by atoms with Gasteiger partial charge in [-0.2, -0.15) is 0 Å². The van der Waals surface area contributed by atoms with E-state index in [0.29, 0.717) is 11.3 Å². The summed E-state index contributed by atoms with van der Waals surface area (Å²) in [7, 11) is 1.19. The Bertz CT molecular complexity index is 733. The summed E-state index contributed by atoms with van der Waals surface area (Å²) >= 11 is 0. The van der Waals surface area contributed by atoms with Gasteiger partial charge in [0.05, 0.1) is 12.0 Å². The molecule has 1 aromatic heterocycles. The van der Waals surface area contributed by atoms with E-state index >= 15 is 0 Å². The molecule has 0 aliphatic rings. The van der Waals surface area contributed by atoms with E-state index in [4.69, 9.17) is 9.15 Å². The first kappa shape index (κ1) is 16.2. The van der Waals surface area contributed by atoms with Crippen molar-refractivity contribution in [1.29, 1.82) is 0 Å². The minimum Gasteiger partial charge on any atom is -0.466 e. The van der Waals surface area contributed by atoms with Crippen LogP contribution in [0.25, 0.3) is 11.3 Å². The molecule has 120 valence electrons. The molecule has 8 heteroatoms. The van der Waals surface area contributed by atoms with Gasteiger partial charge < -0.3 is 13.9 Å². The van der Waals surface area contributed by atoms with Crippen LogP contribution in [0.5, 0.6) is 0 Å². The third kappa shape index (κ3) is 3.73. The van der Waals surface area contributed by atoms with E-state index < -0.39 is 23.0 Å². The normalized spacial score (nSPS) is 11.6. The van der Waals surface area contributed by atoms with Crippen LogP contribution >= 0.6 is 0 Å². The Morgan fingerprint density at radius 2 is 1.83 bits per heavy atom. The van der Waals surface area contributed by atoms with Crippen LogP contribution in [-0.2, 0) is 14.3 Å². The van der Waals surface area contributed by atoms with Gasteiger partial charge in [-0.1, -0.05) is 0 Å². The molecule has 0 unspecified atom stereocenters. The molecule has 0 saturated carbocycles. The number of nitro benzene ring substituents is 1. The lowest BCUT2D eigenvalue weighted by atomic mass is 10.1. The van der Waals surface area contributed by atoms with Gasteiger partial charge in [-0.15, -0.1) is 0 Å². The summed E-state index contributed by atoms with van der Waals surface area (Å²) < 4.78 is 14.7. The lowest BCUT2D eigenvalue weighted by Gasteiger charge is -2.09. The average molecular weight is 319 g/mol. The Labute approximate surface area is 130 Å². The Kier molecular flexibility index (Phi) is 4.75. The van der Waals surface area contributed by atoms with Crippen molar-refractivity contribution in [2.75, 3.05) is 7.11 Å². The topological polar surface area (TPSA) is 109 Å². The monoisotopic (exact) mass is 319 g/mol. The van der Waals surface area contributed by atoms with E-state index in [-0.39, 0.29) is 11.4 Å². The van der Waals surface area contributed by atoms with E-state index in [1.807, 2.05) is 0 Å². The summed E-state index contributed by atoms with van der Waals surface area (Å²) in [6.07, 6.45) is -1.06. The Morgan fingerprint density at radius 3 is 2.39 bits per heavy atom. The second-order valence-corrected chi connectivity index (χ2v) is 4.54. The van der Waals surface area contributed by atoms with Crippen molar-refractivity contribution in [3.63, 3.8) is 0 Å². The molecule has 2 aromatic rings. The van der Waals surface area contributed by atoms with Gasteiger partial charge in [0, 0.05) is 17.7 Å². The quantitative estimate of drug-likeness (QED) is 0.473. The number of nitrogens with zero attached hydrogens (tertiary/aromatic N) is 1. The maximum absolute atomic E-state index is 11.9. The summed E-state index contributed by atoms with van der Waals surface area (Å²) in [6, 6.07) is 8.58. The smallest absolute Gasteiger partial charge is 0.375 e. The molecule has 1 heterocycles. The van der Waals surface area contributed by atoms with Crippen LogP contribution in [0.1, 0.15) is 17.5 Å². The Hall–Kier alpha value is -3.16. The fraction of sp³-hybridized carbons (Fsp3) is 0.200. The molecule has 0 N–H and O–H groups in total. The molecule has 1 atom stereocenters. The van der Waals surface area contributed by atoms with Crippen LogP contribution < -0.4 is 0 Å². The highest BCUT2D eigenvalue weighted by Gasteiger charge is 2.21. The molecule has 23 heavy (non-hydrogen) atoms. The number of furan rings is 1. The third-order valence-corrected chi connectivity index (χ3v) is 2.99. The van der Waals surface area contributed by atoms with Crippen molar-refractivity contribution in [2.45, 2.75) is 13.0 Å². The molecule has 2 rings (SSSR count). The Morgan fingerprint density at radius 1 is 1.17 bits per heavy atom. The lowest BCUT2D eigenvalue weighted by molar-refractivity contribution is -0.384. The molecule has 0 radical (unpaired) electrons. The third-order valence-electron chi connectivity index (χ3n) is 2.99. The van der Waals surface area contributed by atoms with E-state index in [2.05, 4.69) is 4.74 Å². The molecule has 0 bridgehead atoms. The number of carbonyl (C=O) groups excluding carboxylic acids is 2. The van der Waals surface area contributed by atoms with Crippen LogP contribution in [0.2, 0.25) is 0 Å². The fourth-order valence-electron chi connectivity index (χ4n) is 1.78. The zero-order valence-electron chi connectivity index (χ0n) is 12.3. The second-order valence-electron chi connectivity index (χ2n) is 4.54. The van der Waals surface area contributed by atoms with E-state index in [0.717, 1.165) is 0 Å². The highest BCUT2D eigenvalue weighted by Crippen LogP contribution is 2.25. The van der Waals surface area contributed by atoms with Gasteiger partial charge in [0.2, 0.25) is 5.76 Å². The highest BCUT2D eigenvalue weighted by molar-refractivity contribution is 5.89. The first-order valence-electron chi connectivity index (χ1n) is 6.56. The van der Waals surface area contributed by atoms with Gasteiger partial charge in [0.25, 0.3) is 5.69 Å². The molecule has 0 spiro atoms. The van der Waals surface area contributed by atoms with Crippen molar-refractivity contribution in [1.82, 2.24) is 0 Å². The summed E-state index contributed by atoms with van der Waals surface area (Å²) in [5.41, 5.74) is 0.516. The van der Waals surface area contributed by atoms with Gasteiger partial charge in [0.15, 0.2) is 6.10 Å². The predicted octanol–water partition coefficient (Wildman–Crippen LogP) is 2.57. The number of esters is 2. The number of methoxy groups -OCH3 is 1. The summed E-state index contributed by atoms with van der Waals surface area (Å²) in [5.74, 6) is -1.23. The number of hydrogen-bond acceptors (Lipinski definition) is 7. The molecular weight excluding hydrogens is 306 g/mol. The molecular formula is C15H13NO7. The number of hydrogen-bond donors (Lipinski definition) is 0. The van der Waals surface area contributed by atoms with Gasteiger partial charge >= 0.3 is 11.9 Å². The highest BCUT2D eigenvalue weighted by atomic mass is 16.6. The number of non-ortho nitro benzene ring substituents is 1. The lowest BCUT2D eigenvalue weighted by Crippen LogP contribution is -2.25. The number of ether oxygens (including phenoxy) is 2. The molecule has 0 aliphatic carbocycles. The minimum atomic E-state index is -1.06. The van der Waals surface area contributed by atoms with Crippen LogP contribution in [0.3, 0.4) is 0 Å². The van der Waals surface area contributed by atoms with Crippen molar-refractivity contribution in [3.8, 4) is 11.3 Å². The van der Waals surface area contributed by atoms with Crippen molar-refractivity contribution in [2.24, 2.45) is 0 Å². The van der Waals surface area contributed by atoms with Gasteiger partial charge in [-0.3, -0.25) is 10.1 Å². The molecule has 0 saturated heterocycles. The second kappa shape index (κ2) is 6.73. The van der Waals surface area contributed by atoms with Crippen LogP contribution in [-0.4, -0.2) is 30.1 Å². The fourth-order valence-corrected chi connectivity index (χ4v) is 1.78. The van der Waals surface area contributed by atoms with Crippen molar-refractivity contribution >= 4 is 17.6 Å². The van der Waals surface area contributed by atoms with E-state index in [1.165, 1.54) is 50.4 Å². The summed E-state index contributed by atoms with van der Waals surface area (Å²) in [5, 5.41) is 10.6. The molecule has 8 nitrogen and oxygen atoms in total. The summed E-state index contributed by atoms with van der Waals surface area (Å²) in [4.78, 5) is 33.2. The van der Waals surface area contributed by atoms with Gasteiger partial charge in [0.1, 0.15) is 5.76 Å². The van der Waals surface area contributed by atoms with Crippen molar-refractivity contribution in [3.05, 3.63) is 52.3 Å². The predicted molar refractivity (Wildman–Crippen MR) is 77.7 cm³/mol. The molecule has 0 amide bonds. The zero-order chi connectivity index (χ0) is 17.0. The Balaban J connectivity index is 2.12. The number of rotatable bonds is 5. The number of carbonyl (C=O) groups is 2. The SMILES string of the molecule is COC(=O)[C@@H](C)OC(=O)c1ccc(-c2ccc([N+](=O)[O-])cc2)o1. The molecule has 0 fully saturated rings. The van der Waals surface area contributed by atoms with Crippen molar-refractivity contribution < 1.29 is 28.4 Å².